The Labute approximate surface area is 111 Å². The molecule has 0 radical (unpaired) electrons. The van der Waals surface area contributed by atoms with Gasteiger partial charge in [0.05, 0.1) is 22.8 Å². The Morgan fingerprint density at radius 1 is 1.42 bits per heavy atom. The summed E-state index contributed by atoms with van der Waals surface area (Å²) in [6.07, 6.45) is 0. The van der Waals surface area contributed by atoms with Crippen molar-refractivity contribution in [2.75, 3.05) is 17.7 Å². The molecule has 19 heavy (non-hydrogen) atoms. The van der Waals surface area contributed by atoms with E-state index in [2.05, 4.69) is 15.5 Å². The summed E-state index contributed by atoms with van der Waals surface area (Å²) in [5.74, 6) is 0.245. The van der Waals surface area contributed by atoms with E-state index in [1.54, 1.807) is 24.3 Å². The van der Waals surface area contributed by atoms with Gasteiger partial charge in [0, 0.05) is 0 Å². The highest BCUT2D eigenvalue weighted by Gasteiger charge is 2.11. The third kappa shape index (κ3) is 3.04. The van der Waals surface area contributed by atoms with E-state index in [0.29, 0.717) is 17.1 Å². The van der Waals surface area contributed by atoms with Crippen molar-refractivity contribution >= 4 is 17.3 Å². The standard InChI is InChI=1S/C13H16N4O2/c1-8-13(9(2)17-16-8)15-12(18)7-19-11-6-4-3-5-10(11)14/h3-6H,7,14H2,1-2H3,(H,15,18)(H,16,17). The van der Waals surface area contributed by atoms with Crippen LogP contribution in [-0.2, 0) is 4.79 Å². The Kier molecular flexibility index (Phi) is 3.70. The highest BCUT2D eigenvalue weighted by Crippen LogP contribution is 2.20. The second-order valence-electron chi connectivity index (χ2n) is 4.18. The quantitative estimate of drug-likeness (QED) is 0.728. The number of amides is 1. The number of aromatic amines is 1. The number of hydrogen-bond donors (Lipinski definition) is 3. The summed E-state index contributed by atoms with van der Waals surface area (Å²) in [4.78, 5) is 11.8. The average Bonchev–Trinajstić information content (AvgIpc) is 2.70. The summed E-state index contributed by atoms with van der Waals surface area (Å²) >= 11 is 0. The summed E-state index contributed by atoms with van der Waals surface area (Å²) in [5, 5.41) is 9.55. The van der Waals surface area contributed by atoms with Gasteiger partial charge in [0.25, 0.3) is 5.91 Å². The average molecular weight is 260 g/mol. The molecule has 1 aromatic carbocycles. The largest absolute Gasteiger partial charge is 0.482 e. The molecule has 2 aromatic rings. The number of para-hydroxylation sites is 2. The minimum atomic E-state index is -0.254. The highest BCUT2D eigenvalue weighted by molar-refractivity contribution is 5.93. The van der Waals surface area contributed by atoms with Crippen molar-refractivity contribution in [3.05, 3.63) is 35.7 Å². The number of carbonyl (C=O) groups is 1. The number of nitrogens with zero attached hydrogens (tertiary/aromatic N) is 1. The van der Waals surface area contributed by atoms with Gasteiger partial charge in [0.15, 0.2) is 6.61 Å². The van der Waals surface area contributed by atoms with E-state index < -0.39 is 0 Å². The number of anilines is 2. The van der Waals surface area contributed by atoms with Crippen LogP contribution in [0.15, 0.2) is 24.3 Å². The van der Waals surface area contributed by atoms with Crippen molar-refractivity contribution < 1.29 is 9.53 Å². The number of nitrogens with one attached hydrogen (secondary N) is 2. The summed E-state index contributed by atoms with van der Waals surface area (Å²) in [7, 11) is 0. The van der Waals surface area contributed by atoms with Gasteiger partial charge in [-0.15, -0.1) is 0 Å². The first-order valence-corrected chi connectivity index (χ1v) is 5.86. The summed E-state index contributed by atoms with van der Waals surface area (Å²) < 4.78 is 5.36. The number of rotatable bonds is 4. The monoisotopic (exact) mass is 260 g/mol. The molecule has 0 atom stereocenters. The van der Waals surface area contributed by atoms with Gasteiger partial charge in [0.1, 0.15) is 5.75 Å². The van der Waals surface area contributed by atoms with E-state index in [1.165, 1.54) is 0 Å². The molecule has 6 heteroatoms. The number of aryl methyl sites for hydroxylation is 2. The van der Waals surface area contributed by atoms with E-state index in [1.807, 2.05) is 13.8 Å². The van der Waals surface area contributed by atoms with Crippen LogP contribution in [0.5, 0.6) is 5.75 Å². The van der Waals surface area contributed by atoms with Gasteiger partial charge >= 0.3 is 0 Å². The molecule has 0 unspecified atom stereocenters. The van der Waals surface area contributed by atoms with Crippen LogP contribution >= 0.6 is 0 Å². The Morgan fingerprint density at radius 3 is 2.79 bits per heavy atom. The Hall–Kier alpha value is -2.50. The molecule has 1 heterocycles. The molecule has 1 aromatic heterocycles. The Morgan fingerprint density at radius 2 is 2.16 bits per heavy atom. The molecule has 0 bridgehead atoms. The fourth-order valence-electron chi connectivity index (χ4n) is 1.67. The molecular formula is C13H16N4O2. The first-order chi connectivity index (χ1) is 9.08. The number of nitrogens with two attached hydrogens (primary N) is 1. The first-order valence-electron chi connectivity index (χ1n) is 5.86. The summed E-state index contributed by atoms with van der Waals surface area (Å²) in [6.45, 7) is 3.55. The van der Waals surface area contributed by atoms with E-state index >= 15 is 0 Å². The van der Waals surface area contributed by atoms with E-state index in [9.17, 15) is 4.79 Å². The number of H-pyrrole nitrogens is 1. The molecule has 4 N–H and O–H groups in total. The van der Waals surface area contributed by atoms with Gasteiger partial charge in [-0.25, -0.2) is 0 Å². The molecule has 0 spiro atoms. The summed E-state index contributed by atoms with van der Waals surface area (Å²) in [5.41, 5.74) is 8.47. The predicted octanol–water partition coefficient (Wildman–Crippen LogP) is 1.63. The highest BCUT2D eigenvalue weighted by atomic mass is 16.5. The third-order valence-electron chi connectivity index (χ3n) is 2.67. The fraction of sp³-hybridized carbons (Fsp3) is 0.231. The van der Waals surface area contributed by atoms with Crippen molar-refractivity contribution in [3.8, 4) is 5.75 Å². The maximum absolute atomic E-state index is 11.8. The number of aromatic nitrogens is 2. The van der Waals surface area contributed by atoms with Crippen molar-refractivity contribution in [2.45, 2.75) is 13.8 Å². The van der Waals surface area contributed by atoms with Gasteiger partial charge in [-0.05, 0) is 26.0 Å². The first kappa shape index (κ1) is 12.9. The van der Waals surface area contributed by atoms with Gasteiger partial charge in [-0.2, -0.15) is 5.10 Å². The molecule has 6 nitrogen and oxygen atoms in total. The Balaban J connectivity index is 1.94. The SMILES string of the molecule is Cc1n[nH]c(C)c1NC(=O)COc1ccccc1N. The zero-order valence-electron chi connectivity index (χ0n) is 10.9. The normalized spacial score (nSPS) is 10.2. The van der Waals surface area contributed by atoms with E-state index in [0.717, 1.165) is 11.4 Å². The third-order valence-corrected chi connectivity index (χ3v) is 2.67. The zero-order valence-corrected chi connectivity index (χ0v) is 10.9. The molecular weight excluding hydrogens is 244 g/mol. The van der Waals surface area contributed by atoms with Gasteiger partial charge in [0.2, 0.25) is 0 Å². The van der Waals surface area contributed by atoms with Gasteiger partial charge in [-0.3, -0.25) is 9.89 Å². The lowest BCUT2D eigenvalue weighted by atomic mass is 10.3. The molecule has 100 valence electrons. The minimum Gasteiger partial charge on any atom is -0.482 e. The number of benzene rings is 1. The van der Waals surface area contributed by atoms with Gasteiger partial charge in [-0.1, -0.05) is 12.1 Å². The van der Waals surface area contributed by atoms with Crippen molar-refractivity contribution in [3.63, 3.8) is 0 Å². The van der Waals surface area contributed by atoms with Crippen LogP contribution in [0.3, 0.4) is 0 Å². The molecule has 0 aliphatic rings. The predicted molar refractivity (Wildman–Crippen MR) is 73.0 cm³/mol. The molecule has 0 aliphatic carbocycles. The van der Waals surface area contributed by atoms with Crippen LogP contribution in [0.25, 0.3) is 0 Å². The molecule has 2 rings (SSSR count). The van der Waals surface area contributed by atoms with Crippen LogP contribution in [-0.4, -0.2) is 22.7 Å². The lowest BCUT2D eigenvalue weighted by Crippen LogP contribution is -2.21. The molecule has 0 aliphatic heterocycles. The smallest absolute Gasteiger partial charge is 0.262 e. The number of hydrogen-bond acceptors (Lipinski definition) is 4. The molecule has 0 saturated heterocycles. The molecule has 0 saturated carbocycles. The number of nitrogen functional groups attached to an aromatic ring is 1. The maximum atomic E-state index is 11.8. The lowest BCUT2D eigenvalue weighted by molar-refractivity contribution is -0.118. The molecule has 1 amide bonds. The maximum Gasteiger partial charge on any atom is 0.262 e. The van der Waals surface area contributed by atoms with Crippen LogP contribution in [0.2, 0.25) is 0 Å². The number of ether oxygens (including phenoxy) is 1. The minimum absolute atomic E-state index is 0.0989. The van der Waals surface area contributed by atoms with E-state index in [4.69, 9.17) is 10.5 Å². The number of carbonyl (C=O) groups excluding carboxylic acids is 1. The van der Waals surface area contributed by atoms with Crippen LogP contribution in [0, 0.1) is 13.8 Å². The van der Waals surface area contributed by atoms with Crippen molar-refractivity contribution in [1.82, 2.24) is 10.2 Å². The fourth-order valence-corrected chi connectivity index (χ4v) is 1.67. The second-order valence-corrected chi connectivity index (χ2v) is 4.18. The van der Waals surface area contributed by atoms with Crippen LogP contribution in [0.1, 0.15) is 11.4 Å². The van der Waals surface area contributed by atoms with Gasteiger partial charge < -0.3 is 15.8 Å². The second kappa shape index (κ2) is 5.43. The van der Waals surface area contributed by atoms with Crippen molar-refractivity contribution in [1.29, 1.82) is 0 Å². The lowest BCUT2D eigenvalue weighted by Gasteiger charge is -2.09. The van der Waals surface area contributed by atoms with Crippen molar-refractivity contribution in [2.24, 2.45) is 0 Å². The van der Waals surface area contributed by atoms with Crippen LogP contribution < -0.4 is 15.8 Å². The summed E-state index contributed by atoms with van der Waals surface area (Å²) in [6, 6.07) is 7.04. The molecule has 0 fully saturated rings. The zero-order chi connectivity index (χ0) is 13.8. The van der Waals surface area contributed by atoms with E-state index in [-0.39, 0.29) is 12.5 Å². The topological polar surface area (TPSA) is 93.0 Å². The Bertz CT molecular complexity index is 573. The van der Waals surface area contributed by atoms with Crippen LogP contribution in [0.4, 0.5) is 11.4 Å².